The van der Waals surface area contributed by atoms with Gasteiger partial charge >= 0.3 is 0 Å². The Morgan fingerprint density at radius 3 is 2.93 bits per heavy atom. The van der Waals surface area contributed by atoms with Gasteiger partial charge in [-0.3, -0.25) is 0 Å². The van der Waals surface area contributed by atoms with Crippen LogP contribution < -0.4 is 5.32 Å². The van der Waals surface area contributed by atoms with Gasteiger partial charge in [0, 0.05) is 18.0 Å². The van der Waals surface area contributed by atoms with Crippen molar-refractivity contribution in [1.82, 2.24) is 0 Å². The Kier molecular flexibility index (Phi) is 2.65. The van der Waals surface area contributed by atoms with Crippen molar-refractivity contribution in [3.8, 4) is 0 Å². The van der Waals surface area contributed by atoms with E-state index in [0.717, 1.165) is 11.1 Å². The van der Waals surface area contributed by atoms with Crippen LogP contribution in [0.1, 0.15) is 0 Å². The average Bonchev–Trinajstić information content (AvgIpc) is 2.26. The first kappa shape index (κ1) is 9.03. The first-order valence-electron chi connectivity index (χ1n) is 4.66. The molecule has 0 atom stereocenters. The highest BCUT2D eigenvalue weighted by atomic mass is 16.3. The first-order valence-corrected chi connectivity index (χ1v) is 4.66. The van der Waals surface area contributed by atoms with E-state index in [4.69, 9.17) is 5.11 Å². The highest BCUT2D eigenvalue weighted by molar-refractivity contribution is 5.93. The maximum absolute atomic E-state index is 8.72. The van der Waals surface area contributed by atoms with E-state index in [1.165, 1.54) is 5.39 Å². The van der Waals surface area contributed by atoms with Crippen LogP contribution in [0.4, 0.5) is 5.69 Å². The molecule has 0 amide bonds. The summed E-state index contributed by atoms with van der Waals surface area (Å²) in [5.74, 6) is 0. The summed E-state index contributed by atoms with van der Waals surface area (Å²) in [6.45, 7) is 0.696. The molecule has 0 aliphatic heterocycles. The number of rotatable bonds is 3. The monoisotopic (exact) mass is 186 g/mol. The van der Waals surface area contributed by atoms with Gasteiger partial charge in [0.25, 0.3) is 0 Å². The van der Waals surface area contributed by atoms with Crippen LogP contribution in [0.2, 0.25) is 0 Å². The third-order valence-electron chi connectivity index (χ3n) is 2.13. The molecule has 0 heterocycles. The van der Waals surface area contributed by atoms with Crippen LogP contribution in [0.5, 0.6) is 0 Å². The summed E-state index contributed by atoms with van der Waals surface area (Å²) in [6, 6.07) is 15.2. The summed E-state index contributed by atoms with van der Waals surface area (Å²) < 4.78 is 0. The number of aliphatic hydroxyl groups is 1. The molecule has 0 spiro atoms. The summed E-state index contributed by atoms with van der Waals surface area (Å²) in [5, 5.41) is 14.2. The van der Waals surface area contributed by atoms with E-state index in [1.807, 2.05) is 30.3 Å². The van der Waals surface area contributed by atoms with E-state index in [0.29, 0.717) is 6.54 Å². The van der Waals surface area contributed by atoms with Gasteiger partial charge in [0.15, 0.2) is 0 Å². The molecule has 0 saturated carbocycles. The molecule has 2 aromatic carbocycles. The summed E-state index contributed by atoms with van der Waals surface area (Å²) in [7, 11) is 0. The van der Waals surface area contributed by atoms with Gasteiger partial charge in [-0.1, -0.05) is 36.4 Å². The maximum atomic E-state index is 8.72. The molecule has 71 valence electrons. The van der Waals surface area contributed by atoms with E-state index in [1.54, 1.807) is 0 Å². The molecular weight excluding hydrogens is 174 g/mol. The number of anilines is 1. The van der Waals surface area contributed by atoms with Crippen molar-refractivity contribution >= 4 is 16.5 Å². The van der Waals surface area contributed by atoms with Crippen LogP contribution in [-0.2, 0) is 0 Å². The van der Waals surface area contributed by atoms with Crippen LogP contribution in [-0.4, -0.2) is 18.3 Å². The van der Waals surface area contributed by atoms with Gasteiger partial charge in [-0.25, -0.2) is 0 Å². The molecule has 2 nitrogen and oxygen atoms in total. The number of hydrogen-bond donors (Lipinski definition) is 2. The SMILES string of the molecule is OCCNc1[c]ccc2ccccc12. The molecular formula is C12H12NO. The van der Waals surface area contributed by atoms with Crippen molar-refractivity contribution in [2.45, 2.75) is 0 Å². The van der Waals surface area contributed by atoms with Gasteiger partial charge < -0.3 is 10.4 Å². The molecule has 2 rings (SSSR count). The van der Waals surface area contributed by atoms with Gasteiger partial charge in [-0.05, 0) is 5.39 Å². The molecule has 0 bridgehead atoms. The van der Waals surface area contributed by atoms with Crippen molar-refractivity contribution in [2.75, 3.05) is 18.5 Å². The second-order valence-electron chi connectivity index (χ2n) is 3.09. The largest absolute Gasteiger partial charge is 0.395 e. The summed E-state index contributed by atoms with van der Waals surface area (Å²) >= 11 is 0. The third kappa shape index (κ3) is 1.70. The fourth-order valence-corrected chi connectivity index (χ4v) is 1.49. The normalized spacial score (nSPS) is 10.4. The third-order valence-corrected chi connectivity index (χ3v) is 2.13. The molecule has 0 aliphatic rings. The zero-order chi connectivity index (χ0) is 9.80. The lowest BCUT2D eigenvalue weighted by Crippen LogP contribution is -2.05. The van der Waals surface area contributed by atoms with E-state index in [2.05, 4.69) is 17.4 Å². The minimum absolute atomic E-state index is 0.136. The van der Waals surface area contributed by atoms with E-state index >= 15 is 0 Å². The van der Waals surface area contributed by atoms with Gasteiger partial charge in [0.1, 0.15) is 0 Å². The van der Waals surface area contributed by atoms with Gasteiger partial charge in [-0.15, -0.1) is 0 Å². The van der Waals surface area contributed by atoms with Crippen molar-refractivity contribution < 1.29 is 5.11 Å². The van der Waals surface area contributed by atoms with Crippen molar-refractivity contribution in [1.29, 1.82) is 0 Å². The zero-order valence-electron chi connectivity index (χ0n) is 7.83. The van der Waals surface area contributed by atoms with Crippen molar-refractivity contribution in [2.24, 2.45) is 0 Å². The zero-order valence-corrected chi connectivity index (χ0v) is 7.83. The second-order valence-corrected chi connectivity index (χ2v) is 3.09. The quantitative estimate of drug-likeness (QED) is 0.768. The lowest BCUT2D eigenvalue weighted by Gasteiger charge is -2.07. The highest BCUT2D eigenvalue weighted by Gasteiger charge is 1.98. The van der Waals surface area contributed by atoms with E-state index in [-0.39, 0.29) is 6.61 Å². The number of nitrogens with one attached hydrogen (secondary N) is 1. The van der Waals surface area contributed by atoms with Gasteiger partial charge in [0.2, 0.25) is 0 Å². The molecule has 0 unspecified atom stereocenters. The minimum atomic E-state index is 0.136. The summed E-state index contributed by atoms with van der Waals surface area (Å²) in [5.41, 5.74) is 0.956. The molecule has 2 aromatic rings. The molecule has 0 aliphatic carbocycles. The van der Waals surface area contributed by atoms with Crippen LogP contribution in [0, 0.1) is 6.07 Å². The highest BCUT2D eigenvalue weighted by Crippen LogP contribution is 2.21. The van der Waals surface area contributed by atoms with Crippen molar-refractivity contribution in [3.63, 3.8) is 0 Å². The lowest BCUT2D eigenvalue weighted by molar-refractivity contribution is 0.311. The Bertz CT molecular complexity index is 420. The average molecular weight is 186 g/mol. The number of fused-ring (bicyclic) bond motifs is 1. The smallest absolute Gasteiger partial charge is 0.0604 e. The van der Waals surface area contributed by atoms with E-state index < -0.39 is 0 Å². The van der Waals surface area contributed by atoms with E-state index in [9.17, 15) is 0 Å². The van der Waals surface area contributed by atoms with Crippen LogP contribution in [0.15, 0.2) is 36.4 Å². The molecule has 14 heavy (non-hydrogen) atoms. The number of aliphatic hydroxyl groups excluding tert-OH is 1. The number of benzene rings is 2. The Balaban J connectivity index is 2.43. The standard InChI is InChI=1S/C12H12NO/c14-9-8-13-12-7-3-5-10-4-1-2-6-11(10)12/h1-6,13-14H,8-9H2. The minimum Gasteiger partial charge on any atom is -0.395 e. The number of hydrogen-bond acceptors (Lipinski definition) is 2. The molecule has 2 N–H and O–H groups in total. The molecule has 2 heteroatoms. The fourth-order valence-electron chi connectivity index (χ4n) is 1.49. The Morgan fingerprint density at radius 2 is 2.07 bits per heavy atom. The van der Waals surface area contributed by atoms with Crippen LogP contribution in [0.25, 0.3) is 10.8 Å². The first-order chi connectivity index (χ1) is 6.92. The predicted octanol–water partition coefficient (Wildman–Crippen LogP) is 2.04. The van der Waals surface area contributed by atoms with Gasteiger partial charge in [-0.2, -0.15) is 0 Å². The summed E-state index contributed by atoms with van der Waals surface area (Å²) in [6.07, 6.45) is 0. The second kappa shape index (κ2) is 4.11. The maximum Gasteiger partial charge on any atom is 0.0604 e. The van der Waals surface area contributed by atoms with Crippen molar-refractivity contribution in [3.05, 3.63) is 42.5 Å². The molecule has 1 radical (unpaired) electrons. The Hall–Kier alpha value is -1.54. The molecule has 0 fully saturated rings. The molecule has 0 saturated heterocycles. The Labute approximate surface area is 83.2 Å². The topological polar surface area (TPSA) is 32.3 Å². The van der Waals surface area contributed by atoms with Crippen LogP contribution >= 0.6 is 0 Å². The fraction of sp³-hybridized carbons (Fsp3) is 0.167. The predicted molar refractivity (Wildman–Crippen MR) is 58.4 cm³/mol. The van der Waals surface area contributed by atoms with Crippen LogP contribution in [0.3, 0.4) is 0 Å². The summed E-state index contributed by atoms with van der Waals surface area (Å²) in [4.78, 5) is 0. The molecule has 0 aromatic heterocycles. The Morgan fingerprint density at radius 1 is 1.21 bits per heavy atom. The van der Waals surface area contributed by atoms with Gasteiger partial charge in [0.05, 0.1) is 12.3 Å². The lowest BCUT2D eigenvalue weighted by atomic mass is 10.1.